The maximum absolute atomic E-state index is 6.20. The Morgan fingerprint density at radius 1 is 0.905 bits per heavy atom. The zero-order valence-electron chi connectivity index (χ0n) is 11.0. The first-order chi connectivity index (χ1) is 10.0. The summed E-state index contributed by atoms with van der Waals surface area (Å²) >= 11 is 24.2. The molecule has 112 valence electrons. The number of benzene rings is 2. The van der Waals surface area contributed by atoms with Gasteiger partial charge in [0.05, 0.1) is 20.1 Å². The smallest absolute Gasteiger partial charge is 0.0624 e. The Hall–Kier alpha value is -0.480. The summed E-state index contributed by atoms with van der Waals surface area (Å²) in [7, 11) is 0. The Morgan fingerprint density at radius 3 is 2.33 bits per heavy atom. The maximum Gasteiger partial charge on any atom is 0.0624 e. The summed E-state index contributed by atoms with van der Waals surface area (Å²) in [5, 5.41) is 2.18. The van der Waals surface area contributed by atoms with Crippen LogP contribution in [0.5, 0.6) is 0 Å². The van der Waals surface area contributed by atoms with Gasteiger partial charge < -0.3 is 0 Å². The lowest BCUT2D eigenvalue weighted by atomic mass is 9.99. The largest absolute Gasteiger partial charge is 0.271 e. The van der Waals surface area contributed by atoms with E-state index in [4.69, 9.17) is 52.2 Å². The van der Waals surface area contributed by atoms with Crippen LogP contribution in [0.3, 0.4) is 0 Å². The van der Waals surface area contributed by atoms with Crippen molar-refractivity contribution < 1.29 is 0 Å². The molecule has 21 heavy (non-hydrogen) atoms. The number of rotatable bonds is 5. The maximum atomic E-state index is 6.20. The van der Waals surface area contributed by atoms with Crippen LogP contribution in [0.25, 0.3) is 0 Å². The van der Waals surface area contributed by atoms with Crippen LogP contribution in [0.1, 0.15) is 11.1 Å². The highest BCUT2D eigenvalue weighted by molar-refractivity contribution is 6.42. The number of hydrogen-bond acceptors (Lipinski definition) is 2. The normalized spacial score (nSPS) is 12.4. The second kappa shape index (κ2) is 7.68. The third kappa shape index (κ3) is 4.49. The minimum Gasteiger partial charge on any atom is -0.271 e. The molecule has 0 fully saturated rings. The highest BCUT2D eigenvalue weighted by Gasteiger charge is 2.13. The quantitative estimate of drug-likeness (QED) is 0.584. The Balaban J connectivity index is 2.13. The van der Waals surface area contributed by atoms with Crippen molar-refractivity contribution in [3.63, 3.8) is 0 Å². The van der Waals surface area contributed by atoms with Crippen molar-refractivity contribution in [2.24, 2.45) is 5.84 Å². The number of hydrogen-bond donors (Lipinski definition) is 2. The number of nitrogens with two attached hydrogens (primary N) is 1. The fraction of sp³-hybridized carbons (Fsp3) is 0.200. The summed E-state index contributed by atoms with van der Waals surface area (Å²) in [5.74, 6) is 5.64. The molecule has 0 bridgehead atoms. The standard InChI is InChI=1S/C15H14Cl4N2/c16-12-5-4-9(7-14(12)18)6-11(21-20)8-10-2-1-3-13(17)15(10)19/h1-5,7,11,21H,6,8,20H2. The van der Waals surface area contributed by atoms with Gasteiger partial charge in [-0.3, -0.25) is 11.3 Å². The topological polar surface area (TPSA) is 38.0 Å². The van der Waals surface area contributed by atoms with Crippen molar-refractivity contribution in [1.82, 2.24) is 5.43 Å². The van der Waals surface area contributed by atoms with Crippen LogP contribution in [0.15, 0.2) is 36.4 Å². The minimum absolute atomic E-state index is 0.0122. The molecule has 2 rings (SSSR count). The SMILES string of the molecule is NNC(Cc1ccc(Cl)c(Cl)c1)Cc1cccc(Cl)c1Cl. The fourth-order valence-corrected chi connectivity index (χ4v) is 2.83. The lowest BCUT2D eigenvalue weighted by molar-refractivity contribution is 0.522. The number of nitrogens with one attached hydrogen (secondary N) is 1. The van der Waals surface area contributed by atoms with E-state index < -0.39 is 0 Å². The fourth-order valence-electron chi connectivity index (χ4n) is 2.11. The molecule has 0 aliphatic heterocycles. The predicted octanol–water partition coefficient (Wildman–Crippen LogP) is 4.92. The van der Waals surface area contributed by atoms with Crippen LogP contribution in [-0.4, -0.2) is 6.04 Å². The summed E-state index contributed by atoms with van der Waals surface area (Å²) in [6.07, 6.45) is 1.37. The Kier molecular flexibility index (Phi) is 6.18. The van der Waals surface area contributed by atoms with Gasteiger partial charge in [-0.1, -0.05) is 64.6 Å². The van der Waals surface area contributed by atoms with Crippen molar-refractivity contribution >= 4 is 46.4 Å². The van der Waals surface area contributed by atoms with Crippen molar-refractivity contribution in [2.75, 3.05) is 0 Å². The monoisotopic (exact) mass is 362 g/mol. The molecule has 0 spiro atoms. The summed E-state index contributed by atoms with van der Waals surface area (Å²) in [6.45, 7) is 0. The van der Waals surface area contributed by atoms with E-state index in [-0.39, 0.29) is 6.04 Å². The second-order valence-electron chi connectivity index (χ2n) is 4.73. The van der Waals surface area contributed by atoms with E-state index in [9.17, 15) is 0 Å². The summed E-state index contributed by atoms with van der Waals surface area (Å²) in [6, 6.07) is 11.1. The number of halogens is 4. The third-order valence-electron chi connectivity index (χ3n) is 3.20. The summed E-state index contributed by atoms with van der Waals surface area (Å²) in [4.78, 5) is 0. The van der Waals surface area contributed by atoms with Crippen molar-refractivity contribution in [2.45, 2.75) is 18.9 Å². The minimum atomic E-state index is 0.0122. The Labute approximate surface area is 144 Å². The molecule has 0 aliphatic carbocycles. The first-order valence-electron chi connectivity index (χ1n) is 6.34. The van der Waals surface area contributed by atoms with Gasteiger partial charge in [-0.05, 0) is 42.2 Å². The van der Waals surface area contributed by atoms with Gasteiger partial charge in [0, 0.05) is 6.04 Å². The van der Waals surface area contributed by atoms with Crippen LogP contribution in [0, 0.1) is 0 Å². The van der Waals surface area contributed by atoms with Crippen LogP contribution in [0.2, 0.25) is 20.1 Å². The van der Waals surface area contributed by atoms with E-state index in [0.717, 1.165) is 11.1 Å². The van der Waals surface area contributed by atoms with Crippen molar-refractivity contribution in [3.8, 4) is 0 Å². The molecular formula is C15H14Cl4N2. The Morgan fingerprint density at radius 2 is 1.67 bits per heavy atom. The van der Waals surface area contributed by atoms with Gasteiger partial charge >= 0.3 is 0 Å². The van der Waals surface area contributed by atoms with Gasteiger partial charge in [-0.25, -0.2) is 0 Å². The molecule has 6 heteroatoms. The Bertz CT molecular complexity index is 631. The molecule has 0 aromatic heterocycles. The molecule has 1 atom stereocenters. The van der Waals surface area contributed by atoms with Gasteiger partial charge in [-0.2, -0.15) is 0 Å². The zero-order valence-corrected chi connectivity index (χ0v) is 14.1. The highest BCUT2D eigenvalue weighted by Crippen LogP contribution is 2.27. The van der Waals surface area contributed by atoms with E-state index in [1.807, 2.05) is 24.3 Å². The van der Waals surface area contributed by atoms with E-state index in [2.05, 4.69) is 5.43 Å². The zero-order chi connectivity index (χ0) is 15.4. The highest BCUT2D eigenvalue weighted by atomic mass is 35.5. The molecule has 1 unspecified atom stereocenters. The van der Waals surface area contributed by atoms with Crippen LogP contribution in [0.4, 0.5) is 0 Å². The first-order valence-corrected chi connectivity index (χ1v) is 7.85. The number of hydrazine groups is 1. The molecule has 2 nitrogen and oxygen atoms in total. The summed E-state index contributed by atoms with van der Waals surface area (Å²) < 4.78 is 0. The average Bonchev–Trinajstić information content (AvgIpc) is 2.47. The molecule has 0 heterocycles. The van der Waals surface area contributed by atoms with Gasteiger partial charge in [0.25, 0.3) is 0 Å². The molecule has 2 aromatic carbocycles. The predicted molar refractivity (Wildman–Crippen MR) is 91.4 cm³/mol. The first kappa shape index (κ1) is 16.9. The van der Waals surface area contributed by atoms with Crippen molar-refractivity contribution in [1.29, 1.82) is 0 Å². The molecule has 0 saturated carbocycles. The molecular weight excluding hydrogens is 350 g/mol. The lowest BCUT2D eigenvalue weighted by Gasteiger charge is -2.17. The van der Waals surface area contributed by atoms with Gasteiger partial charge in [-0.15, -0.1) is 0 Å². The van der Waals surface area contributed by atoms with Gasteiger partial charge in [0.15, 0.2) is 0 Å². The molecule has 0 saturated heterocycles. The van der Waals surface area contributed by atoms with E-state index in [1.54, 1.807) is 12.1 Å². The van der Waals surface area contributed by atoms with E-state index in [1.165, 1.54) is 0 Å². The lowest BCUT2D eigenvalue weighted by Crippen LogP contribution is -2.38. The van der Waals surface area contributed by atoms with Crippen LogP contribution in [-0.2, 0) is 12.8 Å². The molecule has 3 N–H and O–H groups in total. The second-order valence-corrected chi connectivity index (χ2v) is 6.33. The van der Waals surface area contributed by atoms with Crippen LogP contribution < -0.4 is 11.3 Å². The molecule has 0 radical (unpaired) electrons. The van der Waals surface area contributed by atoms with E-state index in [0.29, 0.717) is 32.9 Å². The molecule has 0 amide bonds. The van der Waals surface area contributed by atoms with Crippen LogP contribution >= 0.6 is 46.4 Å². The van der Waals surface area contributed by atoms with E-state index >= 15 is 0 Å². The van der Waals surface area contributed by atoms with Gasteiger partial charge in [0.1, 0.15) is 0 Å². The third-order valence-corrected chi connectivity index (χ3v) is 4.80. The summed E-state index contributed by atoms with van der Waals surface area (Å²) in [5.41, 5.74) is 4.80. The molecule has 0 aliphatic rings. The van der Waals surface area contributed by atoms with Gasteiger partial charge in [0.2, 0.25) is 0 Å². The molecule has 2 aromatic rings. The van der Waals surface area contributed by atoms with Crippen molar-refractivity contribution in [3.05, 3.63) is 67.6 Å². The average molecular weight is 364 g/mol.